The van der Waals surface area contributed by atoms with Crippen LogP contribution in [0.1, 0.15) is 37.4 Å². The van der Waals surface area contributed by atoms with Gasteiger partial charge in [-0.1, -0.05) is 13.3 Å². The Hall–Kier alpha value is -1.35. The van der Waals surface area contributed by atoms with E-state index in [1.165, 1.54) is 0 Å². The highest BCUT2D eigenvalue weighted by Gasteiger charge is 2.33. The number of carbonyl (C=O) groups is 1. The quantitative estimate of drug-likeness (QED) is 0.715. The number of thiazole rings is 1. The van der Waals surface area contributed by atoms with Gasteiger partial charge in [0.15, 0.2) is 5.69 Å². The summed E-state index contributed by atoms with van der Waals surface area (Å²) in [5.41, 5.74) is -1.61. The van der Waals surface area contributed by atoms with Crippen molar-refractivity contribution in [3.63, 3.8) is 0 Å². The fourth-order valence-electron chi connectivity index (χ4n) is 1.89. The van der Waals surface area contributed by atoms with Gasteiger partial charge >= 0.3 is 12.2 Å². The Balaban J connectivity index is 2.41. The van der Waals surface area contributed by atoms with E-state index in [-0.39, 0.29) is 19.6 Å². The van der Waals surface area contributed by atoms with Crippen LogP contribution in [0, 0.1) is 0 Å². The summed E-state index contributed by atoms with van der Waals surface area (Å²) >= 11 is 0.911. The number of nitrogens with one attached hydrogen (secondary N) is 2. The van der Waals surface area contributed by atoms with Crippen molar-refractivity contribution in [3.8, 4) is 0 Å². The normalized spacial score (nSPS) is 14.5. The van der Waals surface area contributed by atoms with Gasteiger partial charge in [-0.3, -0.25) is 0 Å². The molecule has 1 rings (SSSR count). The number of aliphatic hydroxyl groups excluding tert-OH is 1. The van der Waals surface area contributed by atoms with Crippen LogP contribution in [0.5, 0.6) is 0 Å². The molecule has 0 aliphatic carbocycles. The predicted octanol–water partition coefficient (Wildman–Crippen LogP) is 2.55. The van der Waals surface area contributed by atoms with E-state index in [0.29, 0.717) is 11.4 Å². The second kappa shape index (κ2) is 7.77. The average Bonchev–Trinajstić information content (AvgIpc) is 2.87. The molecule has 126 valence electrons. The van der Waals surface area contributed by atoms with E-state index in [4.69, 9.17) is 0 Å². The second-order valence-electron chi connectivity index (χ2n) is 5.22. The molecule has 2 amide bonds. The summed E-state index contributed by atoms with van der Waals surface area (Å²) in [7, 11) is 0. The first kappa shape index (κ1) is 18.7. The fourth-order valence-corrected chi connectivity index (χ4v) is 2.69. The van der Waals surface area contributed by atoms with Gasteiger partial charge in [0.1, 0.15) is 0 Å². The van der Waals surface area contributed by atoms with Gasteiger partial charge in [0.25, 0.3) is 0 Å². The summed E-state index contributed by atoms with van der Waals surface area (Å²) in [5.74, 6) is 0. The zero-order valence-corrected chi connectivity index (χ0v) is 13.3. The Kier molecular flexibility index (Phi) is 6.61. The lowest BCUT2D eigenvalue weighted by molar-refractivity contribution is -0.140. The summed E-state index contributed by atoms with van der Waals surface area (Å²) in [6, 6.07) is -0.461. The molecular formula is C13H20F3N3O2S. The standard InChI is InChI=1S/C13H20F3N3O2S/c1-3-5-12(2,8-20)19-11(21)17-6-4-10-18-9(7-22-10)13(14,15)16/h7,20H,3-6,8H2,1-2H3,(H2,17,19,21). The lowest BCUT2D eigenvalue weighted by Gasteiger charge is -2.28. The van der Waals surface area contributed by atoms with Gasteiger partial charge in [-0.15, -0.1) is 11.3 Å². The molecule has 1 aromatic rings. The number of aliphatic hydroxyl groups is 1. The highest BCUT2D eigenvalue weighted by Crippen LogP contribution is 2.29. The van der Waals surface area contributed by atoms with Crippen LogP contribution in [-0.4, -0.2) is 34.8 Å². The third-order valence-electron chi connectivity index (χ3n) is 3.03. The zero-order chi connectivity index (χ0) is 16.8. The molecule has 9 heteroatoms. The minimum absolute atomic E-state index is 0.171. The molecule has 0 saturated heterocycles. The minimum Gasteiger partial charge on any atom is -0.394 e. The largest absolute Gasteiger partial charge is 0.434 e. The summed E-state index contributed by atoms with van der Waals surface area (Å²) in [6.07, 6.45) is -2.80. The van der Waals surface area contributed by atoms with Crippen molar-refractivity contribution in [2.75, 3.05) is 13.2 Å². The predicted molar refractivity (Wildman–Crippen MR) is 77.8 cm³/mol. The molecule has 0 radical (unpaired) electrons. The first-order valence-electron chi connectivity index (χ1n) is 6.88. The van der Waals surface area contributed by atoms with E-state index in [0.717, 1.165) is 23.1 Å². The zero-order valence-electron chi connectivity index (χ0n) is 12.5. The van der Waals surface area contributed by atoms with Crippen molar-refractivity contribution in [1.82, 2.24) is 15.6 Å². The van der Waals surface area contributed by atoms with Crippen LogP contribution in [0.3, 0.4) is 0 Å². The Morgan fingerprint density at radius 3 is 2.64 bits per heavy atom. The number of hydrogen-bond donors (Lipinski definition) is 3. The molecule has 1 unspecified atom stereocenters. The van der Waals surface area contributed by atoms with Crippen LogP contribution in [-0.2, 0) is 12.6 Å². The SMILES string of the molecule is CCCC(C)(CO)NC(=O)NCCc1nc(C(F)(F)F)cs1. The van der Waals surface area contributed by atoms with Crippen molar-refractivity contribution in [2.45, 2.75) is 44.8 Å². The molecular weight excluding hydrogens is 319 g/mol. The van der Waals surface area contributed by atoms with E-state index < -0.39 is 23.4 Å². The Bertz CT molecular complexity index is 493. The van der Waals surface area contributed by atoms with Crippen molar-refractivity contribution in [3.05, 3.63) is 16.1 Å². The van der Waals surface area contributed by atoms with Crippen molar-refractivity contribution < 1.29 is 23.1 Å². The monoisotopic (exact) mass is 339 g/mol. The van der Waals surface area contributed by atoms with Gasteiger partial charge in [-0.05, 0) is 13.3 Å². The average molecular weight is 339 g/mol. The molecule has 1 atom stereocenters. The molecule has 0 spiro atoms. The Morgan fingerprint density at radius 1 is 1.45 bits per heavy atom. The number of nitrogens with zero attached hydrogens (tertiary/aromatic N) is 1. The number of halogens is 3. The summed E-state index contributed by atoms with van der Waals surface area (Å²) in [5, 5.41) is 15.8. The fraction of sp³-hybridized carbons (Fsp3) is 0.692. The van der Waals surface area contributed by atoms with Gasteiger partial charge in [-0.25, -0.2) is 9.78 Å². The Labute approximate surface area is 130 Å². The molecule has 0 bridgehead atoms. The molecule has 0 saturated carbocycles. The molecule has 1 aromatic heterocycles. The molecule has 1 heterocycles. The maximum atomic E-state index is 12.4. The van der Waals surface area contributed by atoms with E-state index in [9.17, 15) is 23.1 Å². The van der Waals surface area contributed by atoms with E-state index in [2.05, 4.69) is 15.6 Å². The molecule has 3 N–H and O–H groups in total. The smallest absolute Gasteiger partial charge is 0.394 e. The van der Waals surface area contributed by atoms with Gasteiger partial charge < -0.3 is 15.7 Å². The molecule has 0 aromatic carbocycles. The summed E-state index contributed by atoms with van der Waals surface area (Å²) in [6.45, 7) is 3.65. The third-order valence-corrected chi connectivity index (χ3v) is 3.94. The molecule has 5 nitrogen and oxygen atoms in total. The van der Waals surface area contributed by atoms with E-state index in [1.54, 1.807) is 6.92 Å². The van der Waals surface area contributed by atoms with Gasteiger partial charge in [0.05, 0.1) is 17.2 Å². The van der Waals surface area contributed by atoms with Gasteiger partial charge in [-0.2, -0.15) is 13.2 Å². The van der Waals surface area contributed by atoms with Crippen LogP contribution in [0.4, 0.5) is 18.0 Å². The van der Waals surface area contributed by atoms with Gasteiger partial charge in [0.2, 0.25) is 0 Å². The molecule has 0 aliphatic rings. The minimum atomic E-state index is -4.44. The van der Waals surface area contributed by atoms with Crippen molar-refractivity contribution in [1.29, 1.82) is 0 Å². The number of carbonyl (C=O) groups excluding carboxylic acids is 1. The number of rotatable bonds is 7. The van der Waals surface area contributed by atoms with Crippen LogP contribution < -0.4 is 10.6 Å². The van der Waals surface area contributed by atoms with Crippen LogP contribution in [0.2, 0.25) is 0 Å². The number of urea groups is 1. The lowest BCUT2D eigenvalue weighted by atomic mass is 9.98. The highest BCUT2D eigenvalue weighted by atomic mass is 32.1. The first-order chi connectivity index (χ1) is 10.2. The van der Waals surface area contributed by atoms with Crippen LogP contribution >= 0.6 is 11.3 Å². The van der Waals surface area contributed by atoms with Crippen molar-refractivity contribution in [2.24, 2.45) is 0 Å². The maximum absolute atomic E-state index is 12.4. The summed E-state index contributed by atoms with van der Waals surface area (Å²) < 4.78 is 37.2. The maximum Gasteiger partial charge on any atom is 0.434 e. The highest BCUT2D eigenvalue weighted by molar-refractivity contribution is 7.09. The van der Waals surface area contributed by atoms with Gasteiger partial charge in [0, 0.05) is 18.3 Å². The summed E-state index contributed by atoms with van der Waals surface area (Å²) in [4.78, 5) is 15.2. The molecule has 0 fully saturated rings. The van der Waals surface area contributed by atoms with E-state index >= 15 is 0 Å². The number of hydrogen-bond acceptors (Lipinski definition) is 4. The molecule has 22 heavy (non-hydrogen) atoms. The lowest BCUT2D eigenvalue weighted by Crippen LogP contribution is -2.52. The third kappa shape index (κ3) is 5.80. The van der Waals surface area contributed by atoms with Crippen molar-refractivity contribution >= 4 is 17.4 Å². The van der Waals surface area contributed by atoms with Crippen LogP contribution in [0.25, 0.3) is 0 Å². The number of amides is 2. The Morgan fingerprint density at radius 2 is 2.14 bits per heavy atom. The first-order valence-corrected chi connectivity index (χ1v) is 7.76. The van der Waals surface area contributed by atoms with E-state index in [1.807, 2.05) is 6.92 Å². The second-order valence-corrected chi connectivity index (χ2v) is 6.17. The number of aromatic nitrogens is 1. The number of alkyl halides is 3. The molecule has 0 aliphatic heterocycles. The van der Waals surface area contributed by atoms with Crippen LogP contribution in [0.15, 0.2) is 5.38 Å². The topological polar surface area (TPSA) is 74.2 Å².